The molecule has 0 aliphatic carbocycles. The quantitative estimate of drug-likeness (QED) is 0.234. The Bertz CT molecular complexity index is 832. The fourth-order valence-corrected chi connectivity index (χ4v) is 8.35. The molecule has 0 aromatic rings. The number of unbranched alkanes of at least 4 members (excludes halogenated alkanes) is 1. The van der Waals surface area contributed by atoms with Crippen molar-refractivity contribution in [1.82, 2.24) is 9.80 Å². The van der Waals surface area contributed by atoms with E-state index in [0.717, 1.165) is 19.3 Å². The average Bonchev–Trinajstić information content (AvgIpc) is 3.47. The van der Waals surface area contributed by atoms with Gasteiger partial charge in [-0.15, -0.1) is 24.9 Å². The van der Waals surface area contributed by atoms with Crippen molar-refractivity contribution in [1.29, 1.82) is 0 Å². The van der Waals surface area contributed by atoms with Gasteiger partial charge in [-0.3, -0.25) is 14.4 Å². The van der Waals surface area contributed by atoms with E-state index >= 15 is 0 Å². The summed E-state index contributed by atoms with van der Waals surface area (Å²) in [6.45, 7) is 15.9. The zero-order valence-electron chi connectivity index (χ0n) is 21.7. The van der Waals surface area contributed by atoms with Gasteiger partial charge in [-0.25, -0.2) is 0 Å². The second kappa shape index (κ2) is 11.5. The first kappa shape index (κ1) is 27.8. The second-order valence-electron chi connectivity index (χ2n) is 10.4. The van der Waals surface area contributed by atoms with Crippen molar-refractivity contribution in [2.24, 2.45) is 17.8 Å². The minimum Gasteiger partial charge on any atom is -0.465 e. The maximum absolute atomic E-state index is 14.2. The van der Waals surface area contributed by atoms with E-state index in [0.29, 0.717) is 26.0 Å². The van der Waals surface area contributed by atoms with E-state index in [2.05, 4.69) is 13.2 Å². The van der Waals surface area contributed by atoms with Crippen LogP contribution in [0.1, 0.15) is 59.8 Å². The second-order valence-corrected chi connectivity index (χ2v) is 12.0. The van der Waals surface area contributed by atoms with Gasteiger partial charge in [-0.2, -0.15) is 0 Å². The third-order valence-corrected chi connectivity index (χ3v) is 10.1. The van der Waals surface area contributed by atoms with Gasteiger partial charge >= 0.3 is 5.97 Å². The third-order valence-electron chi connectivity index (χ3n) is 8.12. The number of fused-ring (bicyclic) bond motifs is 1. The molecule has 3 aliphatic heterocycles. The lowest BCUT2D eigenvalue weighted by Gasteiger charge is -2.42. The number of esters is 1. The maximum Gasteiger partial charge on any atom is 0.310 e. The first-order valence-electron chi connectivity index (χ1n) is 13.0. The third kappa shape index (κ3) is 4.80. The molecule has 1 N–H and O–H groups in total. The van der Waals surface area contributed by atoms with E-state index in [-0.39, 0.29) is 41.6 Å². The van der Waals surface area contributed by atoms with E-state index < -0.39 is 28.7 Å². The summed E-state index contributed by atoms with van der Waals surface area (Å²) in [4.78, 5) is 45.0. The fourth-order valence-electron chi connectivity index (χ4n) is 6.16. The van der Waals surface area contributed by atoms with E-state index in [9.17, 15) is 19.5 Å². The Morgan fingerprint density at radius 3 is 2.60 bits per heavy atom. The first-order valence-corrected chi connectivity index (χ1v) is 13.9. The molecule has 35 heavy (non-hydrogen) atoms. The number of carbonyl (C=O) groups is 3. The van der Waals surface area contributed by atoms with Crippen molar-refractivity contribution < 1.29 is 24.2 Å². The molecule has 2 unspecified atom stereocenters. The Kier molecular flexibility index (Phi) is 9.13. The number of rotatable bonds is 13. The normalized spacial score (nSPS) is 30.8. The molecule has 7 atom stereocenters. The van der Waals surface area contributed by atoms with Gasteiger partial charge < -0.3 is 19.6 Å². The molecule has 3 saturated heterocycles. The summed E-state index contributed by atoms with van der Waals surface area (Å²) in [6.07, 6.45) is 7.18. The minimum atomic E-state index is -0.720. The van der Waals surface area contributed by atoms with Crippen LogP contribution in [-0.2, 0) is 19.1 Å². The predicted octanol–water partition coefficient (Wildman–Crippen LogP) is 3.42. The maximum atomic E-state index is 14.2. The minimum absolute atomic E-state index is 0.00730. The summed E-state index contributed by atoms with van der Waals surface area (Å²) in [7, 11) is 0. The van der Waals surface area contributed by atoms with Crippen molar-refractivity contribution in [3.05, 3.63) is 25.3 Å². The van der Waals surface area contributed by atoms with Crippen LogP contribution < -0.4 is 0 Å². The number of aliphatic hydroxyl groups excluding tert-OH is 1. The molecule has 0 aromatic carbocycles. The Morgan fingerprint density at radius 1 is 1.31 bits per heavy atom. The summed E-state index contributed by atoms with van der Waals surface area (Å²) in [5.41, 5.74) is 0. The van der Waals surface area contributed by atoms with Crippen molar-refractivity contribution in [2.75, 3.05) is 19.8 Å². The van der Waals surface area contributed by atoms with Gasteiger partial charge in [0.15, 0.2) is 0 Å². The van der Waals surface area contributed by atoms with Crippen LogP contribution in [0.15, 0.2) is 25.3 Å². The molecule has 7 nitrogen and oxygen atoms in total. The summed E-state index contributed by atoms with van der Waals surface area (Å²) in [5, 5.41) is 10.4. The highest BCUT2D eigenvalue weighted by atomic mass is 32.2. The lowest BCUT2D eigenvalue weighted by Crippen LogP contribution is -2.59. The highest BCUT2D eigenvalue weighted by Crippen LogP contribution is 2.67. The average molecular weight is 507 g/mol. The Hall–Kier alpha value is -1.80. The van der Waals surface area contributed by atoms with Crippen LogP contribution in [-0.4, -0.2) is 80.6 Å². The number of aliphatic hydroxyl groups is 1. The number of hydrogen-bond donors (Lipinski definition) is 1. The summed E-state index contributed by atoms with van der Waals surface area (Å²) < 4.78 is 4.93. The standard InChI is InChI=1S/C27H42N2O5S/c1-7-10-11-15-34-26(33)21-20-12-13-27(35-20)22(21)24(31)29(19(16-30)18(6)9-3)23(27)25(32)28(14-8-2)17(4)5/h7-8,17-23,30H,1-2,9-16H2,3-6H3/t18-,19-,20-,21+,22-,23?,27?/m0/s1. The molecule has 8 heteroatoms. The van der Waals surface area contributed by atoms with Gasteiger partial charge in [-0.1, -0.05) is 32.4 Å². The zero-order chi connectivity index (χ0) is 25.9. The smallest absolute Gasteiger partial charge is 0.310 e. The summed E-state index contributed by atoms with van der Waals surface area (Å²) in [5.74, 6) is -1.81. The molecule has 2 amide bonds. The van der Waals surface area contributed by atoms with E-state index in [1.807, 2.05) is 27.7 Å². The van der Waals surface area contributed by atoms with Crippen molar-refractivity contribution in [3.8, 4) is 0 Å². The van der Waals surface area contributed by atoms with Crippen LogP contribution >= 0.6 is 11.8 Å². The molecule has 0 aromatic heterocycles. The number of likely N-dealkylation sites (tertiary alicyclic amines) is 1. The number of carbonyl (C=O) groups excluding carboxylic acids is 3. The van der Waals surface area contributed by atoms with Gasteiger partial charge in [0.05, 0.1) is 35.8 Å². The number of amides is 2. The number of allylic oxidation sites excluding steroid dienone is 1. The zero-order valence-corrected chi connectivity index (χ0v) is 22.5. The highest BCUT2D eigenvalue weighted by Gasteiger charge is 2.75. The lowest BCUT2D eigenvalue weighted by molar-refractivity contribution is -0.155. The van der Waals surface area contributed by atoms with Crippen LogP contribution in [0.2, 0.25) is 0 Å². The Morgan fingerprint density at radius 2 is 2.03 bits per heavy atom. The van der Waals surface area contributed by atoms with Crippen LogP contribution in [0.25, 0.3) is 0 Å². The monoisotopic (exact) mass is 506 g/mol. The first-order chi connectivity index (χ1) is 16.7. The number of hydrogen-bond acceptors (Lipinski definition) is 6. The molecule has 3 aliphatic rings. The van der Waals surface area contributed by atoms with E-state index in [1.54, 1.807) is 33.7 Å². The van der Waals surface area contributed by atoms with Crippen LogP contribution in [0, 0.1) is 17.8 Å². The van der Waals surface area contributed by atoms with Gasteiger partial charge in [0.2, 0.25) is 11.8 Å². The van der Waals surface area contributed by atoms with Crippen molar-refractivity contribution in [2.45, 2.75) is 87.9 Å². The van der Waals surface area contributed by atoms with Gasteiger partial charge in [0.1, 0.15) is 6.04 Å². The van der Waals surface area contributed by atoms with Crippen LogP contribution in [0.3, 0.4) is 0 Å². The van der Waals surface area contributed by atoms with E-state index in [4.69, 9.17) is 4.74 Å². The molecule has 0 radical (unpaired) electrons. The van der Waals surface area contributed by atoms with Gasteiger partial charge in [0, 0.05) is 17.8 Å². The lowest BCUT2D eigenvalue weighted by atomic mass is 9.71. The molecule has 3 heterocycles. The van der Waals surface area contributed by atoms with Crippen molar-refractivity contribution in [3.63, 3.8) is 0 Å². The topological polar surface area (TPSA) is 87.2 Å². The summed E-state index contributed by atoms with van der Waals surface area (Å²) >= 11 is 1.63. The molecular formula is C27H42N2O5S. The van der Waals surface area contributed by atoms with Crippen LogP contribution in [0.4, 0.5) is 0 Å². The molecular weight excluding hydrogens is 464 g/mol. The molecule has 3 fully saturated rings. The highest BCUT2D eigenvalue weighted by molar-refractivity contribution is 8.02. The Balaban J connectivity index is 2.03. The molecule has 0 saturated carbocycles. The van der Waals surface area contributed by atoms with Crippen molar-refractivity contribution >= 4 is 29.5 Å². The Labute approximate surface area is 214 Å². The molecule has 2 bridgehead atoms. The molecule has 3 rings (SSSR count). The molecule has 1 spiro atoms. The summed E-state index contributed by atoms with van der Waals surface area (Å²) in [6, 6.07) is -1.27. The number of nitrogens with zero attached hydrogens (tertiary/aromatic N) is 2. The number of ether oxygens (including phenoxy) is 1. The van der Waals surface area contributed by atoms with E-state index in [1.165, 1.54) is 0 Å². The number of thioether (sulfide) groups is 1. The van der Waals surface area contributed by atoms with Gasteiger partial charge in [0.25, 0.3) is 0 Å². The largest absolute Gasteiger partial charge is 0.465 e. The predicted molar refractivity (Wildman–Crippen MR) is 139 cm³/mol. The van der Waals surface area contributed by atoms with Gasteiger partial charge in [-0.05, 0) is 45.4 Å². The van der Waals surface area contributed by atoms with Crippen LogP contribution in [0.5, 0.6) is 0 Å². The SMILES string of the molecule is C=CCCCOC(=O)[C@@H]1[C@@H]2CCC3(S2)C(C(=O)N(CC=C)C(C)C)N([C@@H](CO)[C@@H](C)CC)C(=O)[C@H]13. The molecule has 196 valence electrons. The fraction of sp³-hybridized carbons (Fsp3) is 0.741.